The van der Waals surface area contributed by atoms with Crippen LogP contribution in [0.25, 0.3) is 0 Å². The lowest BCUT2D eigenvalue weighted by molar-refractivity contribution is -0.123. The second kappa shape index (κ2) is 5.30. The van der Waals surface area contributed by atoms with Crippen LogP contribution in [0.4, 0.5) is 10.1 Å². The van der Waals surface area contributed by atoms with Crippen molar-refractivity contribution >= 4 is 11.6 Å². The third-order valence-electron chi connectivity index (χ3n) is 4.30. The normalized spacial score (nSPS) is 23.6. The van der Waals surface area contributed by atoms with E-state index < -0.39 is 5.60 Å². The van der Waals surface area contributed by atoms with Crippen LogP contribution in [-0.4, -0.2) is 29.3 Å². The number of hydrogen-bond acceptors (Lipinski definition) is 3. The predicted molar refractivity (Wildman–Crippen MR) is 76.9 cm³/mol. The van der Waals surface area contributed by atoms with Crippen LogP contribution in [-0.2, 0) is 4.79 Å². The summed E-state index contributed by atoms with van der Waals surface area (Å²) in [5.74, 6) is -0.118. The number of fused-ring (bicyclic) bond motifs is 1. The Morgan fingerprint density at radius 2 is 2.19 bits per heavy atom. The van der Waals surface area contributed by atoms with Gasteiger partial charge in [-0.05, 0) is 31.9 Å². The standard InChI is InChI=1S/C16H20FNO3/c1-11-10-18(13-5-4-12(17)8-14(13)21-11)15(19)9-16(20)6-2-3-7-16/h4-5,8,11,20H,2-3,6-7,9-10H2,1H3. The van der Waals surface area contributed by atoms with Gasteiger partial charge in [0.1, 0.15) is 17.7 Å². The topological polar surface area (TPSA) is 49.8 Å². The summed E-state index contributed by atoms with van der Waals surface area (Å²) in [5.41, 5.74) is -0.292. The summed E-state index contributed by atoms with van der Waals surface area (Å²) in [6.45, 7) is 2.27. The average molecular weight is 293 g/mol. The summed E-state index contributed by atoms with van der Waals surface area (Å²) < 4.78 is 18.9. The van der Waals surface area contributed by atoms with Crippen molar-refractivity contribution in [2.24, 2.45) is 0 Å². The fourth-order valence-electron chi connectivity index (χ4n) is 3.24. The van der Waals surface area contributed by atoms with Crippen LogP contribution in [0, 0.1) is 5.82 Å². The molecule has 1 amide bonds. The van der Waals surface area contributed by atoms with Crippen molar-refractivity contribution in [1.82, 2.24) is 0 Å². The average Bonchev–Trinajstić information content (AvgIpc) is 2.83. The summed E-state index contributed by atoms with van der Waals surface area (Å²) in [5, 5.41) is 10.4. The number of carbonyl (C=O) groups excluding carboxylic acids is 1. The van der Waals surface area contributed by atoms with E-state index in [9.17, 15) is 14.3 Å². The second-order valence-corrected chi connectivity index (χ2v) is 6.15. The zero-order valence-corrected chi connectivity index (χ0v) is 12.1. The molecule has 0 spiro atoms. The maximum absolute atomic E-state index is 13.3. The molecule has 1 aliphatic carbocycles. The largest absolute Gasteiger partial charge is 0.487 e. The van der Waals surface area contributed by atoms with Gasteiger partial charge in [0.2, 0.25) is 5.91 Å². The van der Waals surface area contributed by atoms with Crippen molar-refractivity contribution in [3.8, 4) is 5.75 Å². The lowest BCUT2D eigenvalue weighted by atomic mass is 9.97. The Labute approximate surface area is 123 Å². The number of amides is 1. The van der Waals surface area contributed by atoms with Gasteiger partial charge in [-0.3, -0.25) is 4.79 Å². The van der Waals surface area contributed by atoms with Crippen molar-refractivity contribution in [3.63, 3.8) is 0 Å². The van der Waals surface area contributed by atoms with Crippen molar-refractivity contribution in [3.05, 3.63) is 24.0 Å². The minimum atomic E-state index is -0.876. The van der Waals surface area contributed by atoms with Crippen LogP contribution in [0.15, 0.2) is 18.2 Å². The van der Waals surface area contributed by atoms with Gasteiger partial charge in [0.25, 0.3) is 0 Å². The highest BCUT2D eigenvalue weighted by molar-refractivity contribution is 5.96. The molecule has 5 heteroatoms. The third-order valence-corrected chi connectivity index (χ3v) is 4.30. The number of anilines is 1. The molecule has 0 radical (unpaired) electrons. The minimum Gasteiger partial charge on any atom is -0.487 e. The van der Waals surface area contributed by atoms with Crippen LogP contribution in [0.5, 0.6) is 5.75 Å². The zero-order valence-electron chi connectivity index (χ0n) is 12.1. The van der Waals surface area contributed by atoms with Crippen molar-refractivity contribution < 1.29 is 19.0 Å². The number of aliphatic hydroxyl groups is 1. The van der Waals surface area contributed by atoms with E-state index in [1.54, 1.807) is 11.0 Å². The SMILES string of the molecule is CC1CN(C(=O)CC2(O)CCCC2)c2ccc(F)cc2O1. The Balaban J connectivity index is 1.83. The number of benzene rings is 1. The number of ether oxygens (including phenoxy) is 1. The van der Waals surface area contributed by atoms with E-state index in [1.807, 2.05) is 6.92 Å². The van der Waals surface area contributed by atoms with Crippen LogP contribution < -0.4 is 9.64 Å². The Morgan fingerprint density at radius 1 is 1.48 bits per heavy atom. The van der Waals surface area contributed by atoms with Gasteiger partial charge in [-0.2, -0.15) is 0 Å². The van der Waals surface area contributed by atoms with E-state index in [2.05, 4.69) is 0 Å². The highest BCUT2D eigenvalue weighted by atomic mass is 19.1. The molecule has 1 unspecified atom stereocenters. The van der Waals surface area contributed by atoms with Gasteiger partial charge in [0.15, 0.2) is 0 Å². The molecule has 0 saturated heterocycles. The molecule has 1 atom stereocenters. The van der Waals surface area contributed by atoms with Crippen molar-refractivity contribution in [2.45, 2.75) is 50.7 Å². The van der Waals surface area contributed by atoms with Crippen LogP contribution in [0.1, 0.15) is 39.0 Å². The summed E-state index contributed by atoms with van der Waals surface area (Å²) in [4.78, 5) is 14.2. The first-order valence-electron chi connectivity index (χ1n) is 7.46. The van der Waals surface area contributed by atoms with Gasteiger partial charge in [0.05, 0.1) is 24.3 Å². The number of halogens is 1. The first-order chi connectivity index (χ1) is 9.97. The summed E-state index contributed by atoms with van der Waals surface area (Å²) >= 11 is 0. The molecule has 0 bridgehead atoms. The van der Waals surface area contributed by atoms with Gasteiger partial charge < -0.3 is 14.7 Å². The van der Waals surface area contributed by atoms with Crippen LogP contribution in [0.3, 0.4) is 0 Å². The first-order valence-corrected chi connectivity index (χ1v) is 7.46. The van der Waals surface area contributed by atoms with E-state index in [4.69, 9.17) is 4.74 Å². The Kier molecular flexibility index (Phi) is 3.61. The maximum Gasteiger partial charge on any atom is 0.230 e. The Bertz CT molecular complexity index is 554. The van der Waals surface area contributed by atoms with E-state index in [1.165, 1.54) is 12.1 Å². The molecule has 1 aromatic carbocycles. The molecule has 1 N–H and O–H groups in total. The van der Waals surface area contributed by atoms with Crippen LogP contribution in [0.2, 0.25) is 0 Å². The molecular weight excluding hydrogens is 273 g/mol. The lowest BCUT2D eigenvalue weighted by Gasteiger charge is -2.35. The molecule has 3 rings (SSSR count). The van der Waals surface area contributed by atoms with E-state index >= 15 is 0 Å². The molecule has 114 valence electrons. The quantitative estimate of drug-likeness (QED) is 0.912. The summed E-state index contributed by atoms with van der Waals surface area (Å²) in [6.07, 6.45) is 3.21. The third kappa shape index (κ3) is 2.88. The maximum atomic E-state index is 13.3. The molecule has 1 saturated carbocycles. The minimum absolute atomic E-state index is 0.122. The first kappa shape index (κ1) is 14.3. The highest BCUT2D eigenvalue weighted by Crippen LogP contribution is 2.37. The summed E-state index contributed by atoms with van der Waals surface area (Å²) in [7, 11) is 0. The Hall–Kier alpha value is -1.62. The van der Waals surface area contributed by atoms with Crippen molar-refractivity contribution in [1.29, 1.82) is 0 Å². The summed E-state index contributed by atoms with van der Waals surface area (Å²) in [6, 6.07) is 4.19. The molecule has 1 fully saturated rings. The molecule has 21 heavy (non-hydrogen) atoms. The molecule has 2 aliphatic rings. The molecular formula is C16H20FNO3. The number of nitrogens with zero attached hydrogens (tertiary/aromatic N) is 1. The Morgan fingerprint density at radius 3 is 2.90 bits per heavy atom. The number of hydrogen-bond donors (Lipinski definition) is 1. The van der Waals surface area contributed by atoms with Crippen LogP contribution >= 0.6 is 0 Å². The fraction of sp³-hybridized carbons (Fsp3) is 0.562. The van der Waals surface area contributed by atoms with Gasteiger partial charge in [-0.15, -0.1) is 0 Å². The number of rotatable bonds is 2. The fourth-order valence-corrected chi connectivity index (χ4v) is 3.24. The van der Waals surface area contributed by atoms with Gasteiger partial charge >= 0.3 is 0 Å². The molecule has 1 aliphatic heterocycles. The van der Waals surface area contributed by atoms with E-state index in [0.29, 0.717) is 30.8 Å². The monoisotopic (exact) mass is 293 g/mol. The molecule has 0 aromatic heterocycles. The number of carbonyl (C=O) groups is 1. The molecule has 1 heterocycles. The second-order valence-electron chi connectivity index (χ2n) is 6.15. The van der Waals surface area contributed by atoms with E-state index in [0.717, 1.165) is 12.8 Å². The van der Waals surface area contributed by atoms with E-state index in [-0.39, 0.29) is 24.2 Å². The smallest absolute Gasteiger partial charge is 0.230 e. The predicted octanol–water partition coefficient (Wildman–Crippen LogP) is 2.63. The lowest BCUT2D eigenvalue weighted by Crippen LogP contribution is -2.45. The van der Waals surface area contributed by atoms with Gasteiger partial charge in [0, 0.05) is 6.07 Å². The highest BCUT2D eigenvalue weighted by Gasteiger charge is 2.37. The van der Waals surface area contributed by atoms with Gasteiger partial charge in [-0.25, -0.2) is 4.39 Å². The van der Waals surface area contributed by atoms with Crippen molar-refractivity contribution in [2.75, 3.05) is 11.4 Å². The molecule has 4 nitrogen and oxygen atoms in total. The zero-order chi connectivity index (χ0) is 15.0. The van der Waals surface area contributed by atoms with Gasteiger partial charge in [-0.1, -0.05) is 12.8 Å². The molecule has 1 aromatic rings.